The van der Waals surface area contributed by atoms with Crippen LogP contribution in [0.4, 0.5) is 0 Å². The van der Waals surface area contributed by atoms with Crippen LogP contribution < -0.4 is 0 Å². The molecule has 1 amide bonds. The average molecular weight is 181 g/mol. The van der Waals surface area contributed by atoms with E-state index in [4.69, 9.17) is 5.26 Å². The summed E-state index contributed by atoms with van der Waals surface area (Å²) in [4.78, 5) is 15.5. The van der Waals surface area contributed by atoms with Crippen molar-refractivity contribution in [2.45, 2.75) is 12.8 Å². The summed E-state index contributed by atoms with van der Waals surface area (Å²) in [7, 11) is 2.05. The third-order valence-electron chi connectivity index (χ3n) is 2.31. The van der Waals surface area contributed by atoms with E-state index < -0.39 is 0 Å². The lowest BCUT2D eigenvalue weighted by Crippen LogP contribution is -2.47. The second kappa shape index (κ2) is 4.83. The molecule has 0 radical (unpaired) electrons. The van der Waals surface area contributed by atoms with E-state index in [-0.39, 0.29) is 5.91 Å². The van der Waals surface area contributed by atoms with Crippen LogP contribution in [-0.2, 0) is 4.79 Å². The van der Waals surface area contributed by atoms with Crippen molar-refractivity contribution in [2.75, 3.05) is 33.2 Å². The highest BCUT2D eigenvalue weighted by Crippen LogP contribution is 2.02. The summed E-state index contributed by atoms with van der Waals surface area (Å²) in [6.45, 7) is 3.50. The molecule has 0 unspecified atom stereocenters. The van der Waals surface area contributed by atoms with Crippen molar-refractivity contribution >= 4 is 5.91 Å². The molecule has 0 atom stereocenters. The second-order valence-electron chi connectivity index (χ2n) is 3.34. The van der Waals surface area contributed by atoms with Gasteiger partial charge in [-0.15, -0.1) is 0 Å². The molecule has 0 N–H and O–H groups in total. The van der Waals surface area contributed by atoms with Gasteiger partial charge < -0.3 is 9.80 Å². The molecule has 0 bridgehead atoms. The number of likely N-dealkylation sites (N-methyl/N-ethyl adjacent to an activating group) is 1. The van der Waals surface area contributed by atoms with Crippen LogP contribution in [0.15, 0.2) is 0 Å². The minimum atomic E-state index is 0.120. The number of carbonyl (C=O) groups excluding carboxylic acids is 1. The third kappa shape index (κ3) is 3.03. The van der Waals surface area contributed by atoms with Gasteiger partial charge in [0.15, 0.2) is 0 Å². The van der Waals surface area contributed by atoms with Crippen LogP contribution in [0, 0.1) is 11.3 Å². The van der Waals surface area contributed by atoms with Gasteiger partial charge in [0.05, 0.1) is 6.07 Å². The van der Waals surface area contributed by atoms with Crippen LogP contribution in [0.25, 0.3) is 0 Å². The summed E-state index contributed by atoms with van der Waals surface area (Å²) >= 11 is 0. The molecular weight excluding hydrogens is 166 g/mol. The number of hydrogen-bond acceptors (Lipinski definition) is 3. The van der Waals surface area contributed by atoms with E-state index in [0.29, 0.717) is 12.8 Å². The van der Waals surface area contributed by atoms with Gasteiger partial charge in [-0.1, -0.05) is 0 Å². The Hall–Kier alpha value is -1.08. The minimum Gasteiger partial charge on any atom is -0.340 e. The van der Waals surface area contributed by atoms with Crippen molar-refractivity contribution in [1.29, 1.82) is 5.26 Å². The molecule has 0 saturated carbocycles. The Morgan fingerprint density at radius 1 is 1.38 bits per heavy atom. The van der Waals surface area contributed by atoms with E-state index in [9.17, 15) is 4.79 Å². The zero-order valence-corrected chi connectivity index (χ0v) is 7.99. The second-order valence-corrected chi connectivity index (χ2v) is 3.34. The quantitative estimate of drug-likeness (QED) is 0.605. The first kappa shape index (κ1) is 10.0. The summed E-state index contributed by atoms with van der Waals surface area (Å²) in [5.74, 6) is 0.120. The molecule has 4 heteroatoms. The van der Waals surface area contributed by atoms with Crippen LogP contribution in [0.5, 0.6) is 0 Å². The molecule has 1 saturated heterocycles. The highest BCUT2D eigenvalue weighted by molar-refractivity contribution is 5.76. The first-order valence-electron chi connectivity index (χ1n) is 4.57. The largest absolute Gasteiger partial charge is 0.340 e. The topological polar surface area (TPSA) is 47.3 Å². The van der Waals surface area contributed by atoms with E-state index in [0.717, 1.165) is 26.2 Å². The van der Waals surface area contributed by atoms with Crippen LogP contribution >= 0.6 is 0 Å². The number of nitriles is 1. The maximum absolute atomic E-state index is 11.4. The summed E-state index contributed by atoms with van der Waals surface area (Å²) in [6, 6.07) is 1.99. The Morgan fingerprint density at radius 3 is 2.54 bits per heavy atom. The van der Waals surface area contributed by atoms with Gasteiger partial charge in [-0.2, -0.15) is 5.26 Å². The van der Waals surface area contributed by atoms with E-state index in [1.54, 1.807) is 0 Å². The third-order valence-corrected chi connectivity index (χ3v) is 2.31. The molecular formula is C9H15N3O. The number of piperazine rings is 1. The smallest absolute Gasteiger partial charge is 0.223 e. The molecule has 1 aliphatic heterocycles. The number of rotatable bonds is 2. The molecule has 0 aromatic rings. The highest BCUT2D eigenvalue weighted by Gasteiger charge is 2.17. The molecule has 13 heavy (non-hydrogen) atoms. The van der Waals surface area contributed by atoms with E-state index in [2.05, 4.69) is 11.9 Å². The molecule has 1 rings (SSSR count). The van der Waals surface area contributed by atoms with Gasteiger partial charge in [0, 0.05) is 39.0 Å². The van der Waals surface area contributed by atoms with Crippen molar-refractivity contribution < 1.29 is 4.79 Å². The Morgan fingerprint density at radius 2 is 2.00 bits per heavy atom. The van der Waals surface area contributed by atoms with Crippen LogP contribution in [-0.4, -0.2) is 48.9 Å². The predicted molar refractivity (Wildman–Crippen MR) is 48.9 cm³/mol. The first-order chi connectivity index (χ1) is 6.24. The average Bonchev–Trinajstić information content (AvgIpc) is 2.15. The van der Waals surface area contributed by atoms with Gasteiger partial charge >= 0.3 is 0 Å². The number of nitrogens with zero attached hydrogens (tertiary/aromatic N) is 3. The molecule has 1 fully saturated rings. The summed E-state index contributed by atoms with van der Waals surface area (Å²) in [5.41, 5.74) is 0. The first-order valence-corrected chi connectivity index (χ1v) is 4.57. The van der Waals surface area contributed by atoms with Gasteiger partial charge in [-0.05, 0) is 7.05 Å². The van der Waals surface area contributed by atoms with Crippen molar-refractivity contribution in [3.63, 3.8) is 0 Å². The Balaban J connectivity index is 2.28. The van der Waals surface area contributed by atoms with Crippen molar-refractivity contribution in [3.05, 3.63) is 0 Å². The van der Waals surface area contributed by atoms with E-state index >= 15 is 0 Å². The number of carbonyl (C=O) groups is 1. The Labute approximate surface area is 78.7 Å². The maximum atomic E-state index is 11.4. The molecule has 0 aliphatic carbocycles. The molecule has 1 aliphatic rings. The van der Waals surface area contributed by atoms with Crippen molar-refractivity contribution in [2.24, 2.45) is 0 Å². The summed E-state index contributed by atoms with van der Waals surface area (Å²) in [6.07, 6.45) is 0.714. The minimum absolute atomic E-state index is 0.120. The van der Waals surface area contributed by atoms with E-state index in [1.165, 1.54) is 0 Å². The normalized spacial score (nSPS) is 18.3. The highest BCUT2D eigenvalue weighted by atomic mass is 16.2. The maximum Gasteiger partial charge on any atom is 0.223 e. The van der Waals surface area contributed by atoms with Gasteiger partial charge in [-0.3, -0.25) is 4.79 Å². The van der Waals surface area contributed by atoms with Crippen LogP contribution in [0.2, 0.25) is 0 Å². The van der Waals surface area contributed by atoms with Gasteiger partial charge in [0.2, 0.25) is 5.91 Å². The fourth-order valence-corrected chi connectivity index (χ4v) is 1.38. The van der Waals surface area contributed by atoms with Gasteiger partial charge in [0.25, 0.3) is 0 Å². The predicted octanol–water partition coefficient (Wildman–Crippen LogP) is 0.0642. The lowest BCUT2D eigenvalue weighted by atomic mass is 10.2. The fraction of sp³-hybridized carbons (Fsp3) is 0.778. The zero-order chi connectivity index (χ0) is 9.68. The monoisotopic (exact) mass is 181 g/mol. The lowest BCUT2D eigenvalue weighted by molar-refractivity contribution is -0.132. The number of hydrogen-bond donors (Lipinski definition) is 0. The Kier molecular flexibility index (Phi) is 3.71. The molecule has 4 nitrogen and oxygen atoms in total. The van der Waals surface area contributed by atoms with Gasteiger partial charge in [-0.25, -0.2) is 0 Å². The molecule has 0 aromatic heterocycles. The van der Waals surface area contributed by atoms with Crippen LogP contribution in [0.3, 0.4) is 0 Å². The Bertz CT molecular complexity index is 213. The van der Waals surface area contributed by atoms with Crippen LogP contribution in [0.1, 0.15) is 12.8 Å². The standard InChI is InChI=1S/C9H15N3O/c1-11-5-7-12(8-6-11)9(13)3-2-4-10/h2-3,5-8H2,1H3. The molecule has 72 valence electrons. The van der Waals surface area contributed by atoms with Crippen molar-refractivity contribution in [1.82, 2.24) is 9.80 Å². The zero-order valence-electron chi connectivity index (χ0n) is 7.99. The molecule has 1 heterocycles. The molecule has 0 aromatic carbocycles. The van der Waals surface area contributed by atoms with E-state index in [1.807, 2.05) is 11.0 Å². The lowest BCUT2D eigenvalue weighted by Gasteiger charge is -2.32. The fourth-order valence-electron chi connectivity index (χ4n) is 1.38. The molecule has 0 spiro atoms. The van der Waals surface area contributed by atoms with Crippen molar-refractivity contribution in [3.8, 4) is 6.07 Å². The SMILES string of the molecule is CN1CCN(C(=O)CCC#N)CC1. The summed E-state index contributed by atoms with van der Waals surface area (Å²) < 4.78 is 0. The van der Waals surface area contributed by atoms with Gasteiger partial charge in [0.1, 0.15) is 0 Å². The number of amides is 1. The summed E-state index contributed by atoms with van der Waals surface area (Å²) in [5, 5.41) is 8.33.